The van der Waals surface area contributed by atoms with Gasteiger partial charge in [-0.15, -0.1) is 0 Å². The Balaban J connectivity index is 2.72. The van der Waals surface area contributed by atoms with Crippen molar-refractivity contribution in [2.45, 2.75) is 26.4 Å². The van der Waals surface area contributed by atoms with E-state index in [2.05, 4.69) is 15.9 Å². The number of amides is 3. The number of alkyl carbamates (subject to hydrolysis) is 1. The van der Waals surface area contributed by atoms with Crippen molar-refractivity contribution >= 4 is 17.8 Å². The number of urea groups is 1. The van der Waals surface area contributed by atoms with Crippen LogP contribution in [0.25, 0.3) is 0 Å². The van der Waals surface area contributed by atoms with E-state index in [9.17, 15) is 14.0 Å². The second-order valence-electron chi connectivity index (χ2n) is 5.86. The van der Waals surface area contributed by atoms with E-state index in [1.807, 2.05) is 0 Å². The Kier molecular flexibility index (Phi) is 7.09. The number of nitrogens with zero attached hydrogens (tertiary/aromatic N) is 2. The van der Waals surface area contributed by atoms with Crippen LogP contribution in [0.5, 0.6) is 5.75 Å². The summed E-state index contributed by atoms with van der Waals surface area (Å²) in [5.41, 5.74) is 6.57. The lowest BCUT2D eigenvalue weighted by Gasteiger charge is -2.20. The zero-order valence-electron chi connectivity index (χ0n) is 14.6. The van der Waals surface area contributed by atoms with Gasteiger partial charge in [0.25, 0.3) is 0 Å². The molecule has 3 N–H and O–H groups in total. The second kappa shape index (κ2) is 8.81. The van der Waals surface area contributed by atoms with Gasteiger partial charge in [0, 0.05) is 13.1 Å². The first-order valence-electron chi connectivity index (χ1n) is 7.46. The van der Waals surface area contributed by atoms with Crippen molar-refractivity contribution in [2.75, 3.05) is 25.2 Å². The average molecular weight is 355 g/mol. The third-order valence-corrected chi connectivity index (χ3v) is 2.68. The van der Waals surface area contributed by atoms with E-state index in [0.717, 1.165) is 17.1 Å². The molecule has 3 amide bonds. The highest BCUT2D eigenvalue weighted by Gasteiger charge is 2.19. The fourth-order valence-corrected chi connectivity index (χ4v) is 1.72. The average Bonchev–Trinajstić information content (AvgIpc) is 2.52. The van der Waals surface area contributed by atoms with Gasteiger partial charge in [0.1, 0.15) is 29.5 Å². The first-order valence-corrected chi connectivity index (χ1v) is 7.46. The number of anilines is 1. The van der Waals surface area contributed by atoms with Gasteiger partial charge in [-0.25, -0.2) is 14.0 Å². The van der Waals surface area contributed by atoms with Crippen LogP contribution in [0, 0.1) is 11.3 Å². The van der Waals surface area contributed by atoms with E-state index >= 15 is 0 Å². The molecule has 0 saturated carbocycles. The van der Waals surface area contributed by atoms with Crippen molar-refractivity contribution in [1.29, 1.82) is 5.53 Å². The number of hydrogen-bond acceptors (Lipinski definition) is 6. The highest BCUT2D eigenvalue weighted by Crippen LogP contribution is 2.29. The van der Waals surface area contributed by atoms with Crippen molar-refractivity contribution in [1.82, 2.24) is 10.6 Å². The minimum atomic E-state index is -0.682. The molecule has 1 rings (SSSR count). The van der Waals surface area contributed by atoms with Gasteiger partial charge < -0.3 is 20.1 Å². The number of ether oxygens (including phenoxy) is 2. The van der Waals surface area contributed by atoms with Crippen molar-refractivity contribution in [3.63, 3.8) is 0 Å². The molecule has 138 valence electrons. The summed E-state index contributed by atoms with van der Waals surface area (Å²) in [5.74, 6) is -0.578. The summed E-state index contributed by atoms with van der Waals surface area (Å²) >= 11 is 0. The molecular weight excluding hydrogens is 333 g/mol. The summed E-state index contributed by atoms with van der Waals surface area (Å²) < 4.78 is 23.9. The van der Waals surface area contributed by atoms with Crippen LogP contribution in [0.1, 0.15) is 20.8 Å². The van der Waals surface area contributed by atoms with Gasteiger partial charge >= 0.3 is 12.1 Å². The second-order valence-corrected chi connectivity index (χ2v) is 5.86. The molecular formula is C15H22FN5O4. The summed E-state index contributed by atoms with van der Waals surface area (Å²) in [5, 5.41) is 8.61. The Morgan fingerprint density at radius 2 is 2.04 bits per heavy atom. The number of hydrogen-bond donors (Lipinski definition) is 3. The predicted octanol–water partition coefficient (Wildman–Crippen LogP) is 2.82. The summed E-state index contributed by atoms with van der Waals surface area (Å²) in [6, 6.07) is 2.75. The molecule has 0 aromatic heterocycles. The van der Waals surface area contributed by atoms with Crippen LogP contribution in [0.3, 0.4) is 0 Å². The minimum Gasteiger partial charge on any atom is -0.489 e. The maximum absolute atomic E-state index is 13.5. The summed E-state index contributed by atoms with van der Waals surface area (Å²) in [4.78, 5) is 23.2. The smallest absolute Gasteiger partial charge is 0.407 e. The number of carbonyl (C=O) groups is 2. The lowest BCUT2D eigenvalue weighted by Crippen LogP contribution is -2.35. The lowest BCUT2D eigenvalue weighted by molar-refractivity contribution is 0.0520. The molecule has 1 aromatic carbocycles. The zero-order valence-corrected chi connectivity index (χ0v) is 14.6. The fraction of sp³-hybridized carbons (Fsp3) is 0.467. The lowest BCUT2D eigenvalue weighted by atomic mass is 10.2. The molecule has 0 aliphatic carbocycles. The molecule has 0 fully saturated rings. The first kappa shape index (κ1) is 20.1. The van der Waals surface area contributed by atoms with Gasteiger partial charge in [-0.05, 0) is 32.9 Å². The molecule has 0 atom stereocenters. The van der Waals surface area contributed by atoms with Crippen LogP contribution in [0.2, 0.25) is 0 Å². The van der Waals surface area contributed by atoms with Crippen LogP contribution in [0.15, 0.2) is 23.4 Å². The van der Waals surface area contributed by atoms with Crippen molar-refractivity contribution in [3.8, 4) is 5.75 Å². The van der Waals surface area contributed by atoms with Gasteiger partial charge in [0.15, 0.2) is 0 Å². The Labute approximate surface area is 144 Å². The monoisotopic (exact) mass is 355 g/mol. The molecule has 10 heteroatoms. The number of benzene rings is 1. The molecule has 0 radical (unpaired) electrons. The van der Waals surface area contributed by atoms with E-state index < -0.39 is 23.5 Å². The third kappa shape index (κ3) is 6.61. The number of rotatable bonds is 6. The number of nitrogens with one attached hydrogen (secondary N) is 3. The molecule has 0 aliphatic heterocycles. The highest BCUT2D eigenvalue weighted by molar-refractivity contribution is 5.92. The normalized spacial score (nSPS) is 10.6. The zero-order chi connectivity index (χ0) is 19.0. The van der Waals surface area contributed by atoms with Crippen LogP contribution in [-0.2, 0) is 4.74 Å². The Morgan fingerprint density at radius 1 is 1.36 bits per heavy atom. The molecule has 0 spiro atoms. The van der Waals surface area contributed by atoms with E-state index in [1.54, 1.807) is 20.8 Å². The molecule has 1 aromatic rings. The molecule has 9 nitrogen and oxygen atoms in total. The SMILES string of the molecule is CNC(=O)N(N=N)c1ccc(F)cc1OCCNC(=O)OC(C)(C)C. The van der Waals surface area contributed by atoms with Crippen molar-refractivity contribution in [2.24, 2.45) is 5.22 Å². The number of carbonyl (C=O) groups excluding carboxylic acids is 2. The fourth-order valence-electron chi connectivity index (χ4n) is 1.72. The maximum Gasteiger partial charge on any atom is 0.407 e. The van der Waals surface area contributed by atoms with Crippen LogP contribution in [-0.4, -0.2) is 37.9 Å². The van der Waals surface area contributed by atoms with E-state index in [1.165, 1.54) is 13.1 Å². The maximum atomic E-state index is 13.5. The Morgan fingerprint density at radius 3 is 2.60 bits per heavy atom. The van der Waals surface area contributed by atoms with Gasteiger partial charge in [0.05, 0.1) is 6.54 Å². The molecule has 0 bridgehead atoms. The van der Waals surface area contributed by atoms with Gasteiger partial charge in [-0.1, -0.05) is 5.22 Å². The standard InChI is InChI=1S/C15H22FN5O4/c1-15(2,3)25-14(23)19-7-8-24-12-9-10(16)5-6-11(12)21(20-17)13(22)18-4/h5-6,9,17H,7-8H2,1-4H3,(H,18,22)(H,19,23). The van der Waals surface area contributed by atoms with Gasteiger partial charge in [-0.3, -0.25) is 0 Å². The van der Waals surface area contributed by atoms with Crippen LogP contribution < -0.4 is 20.4 Å². The Hall–Kier alpha value is -2.91. The topological polar surface area (TPSA) is 116 Å². The van der Waals surface area contributed by atoms with Crippen molar-refractivity contribution < 1.29 is 23.5 Å². The summed E-state index contributed by atoms with van der Waals surface area (Å²) in [7, 11) is 1.37. The Bertz CT molecular complexity index is 633. The molecule has 0 aliphatic rings. The summed E-state index contributed by atoms with van der Waals surface area (Å²) in [6.07, 6.45) is -0.608. The van der Waals surface area contributed by atoms with Crippen LogP contribution in [0.4, 0.5) is 19.7 Å². The highest BCUT2D eigenvalue weighted by atomic mass is 19.1. The van der Waals surface area contributed by atoms with Gasteiger partial charge in [-0.2, -0.15) is 10.5 Å². The summed E-state index contributed by atoms with van der Waals surface area (Å²) in [6.45, 7) is 5.30. The van der Waals surface area contributed by atoms with E-state index in [4.69, 9.17) is 15.0 Å². The predicted molar refractivity (Wildman–Crippen MR) is 88.2 cm³/mol. The molecule has 0 unspecified atom stereocenters. The van der Waals surface area contributed by atoms with E-state index in [-0.39, 0.29) is 24.6 Å². The minimum absolute atomic E-state index is 0.00468. The molecule has 25 heavy (non-hydrogen) atoms. The quantitative estimate of drug-likeness (QED) is 0.413. The third-order valence-electron chi connectivity index (χ3n) is 2.68. The molecule has 0 saturated heterocycles. The van der Waals surface area contributed by atoms with E-state index in [0.29, 0.717) is 0 Å². The van der Waals surface area contributed by atoms with Gasteiger partial charge in [0.2, 0.25) is 0 Å². The largest absolute Gasteiger partial charge is 0.489 e. The van der Waals surface area contributed by atoms with Crippen LogP contribution >= 0.6 is 0 Å². The van der Waals surface area contributed by atoms with Crippen molar-refractivity contribution in [3.05, 3.63) is 24.0 Å². The molecule has 0 heterocycles. The number of halogens is 1. The first-order chi connectivity index (χ1) is 11.7.